The molecule has 0 aliphatic rings. The number of carbonyl (C=O) groups excluding carboxylic acids is 1. The number of benzene rings is 2. The van der Waals surface area contributed by atoms with Crippen LogP contribution in [0.25, 0.3) is 10.2 Å². The normalized spacial score (nSPS) is 11.5. The van der Waals surface area contributed by atoms with Gasteiger partial charge in [0.05, 0.1) is 27.2 Å². The lowest BCUT2D eigenvalue weighted by Crippen LogP contribution is -2.14. The highest BCUT2D eigenvalue weighted by molar-refractivity contribution is 7.92. The lowest BCUT2D eigenvalue weighted by molar-refractivity contribution is 0.102. The third-order valence-electron chi connectivity index (χ3n) is 3.55. The van der Waals surface area contributed by atoms with Crippen molar-refractivity contribution in [3.05, 3.63) is 52.5 Å². The third-order valence-corrected chi connectivity index (χ3v) is 5.07. The van der Waals surface area contributed by atoms with Crippen molar-refractivity contribution >= 4 is 48.9 Å². The van der Waals surface area contributed by atoms with E-state index in [1.54, 1.807) is 36.5 Å². The molecule has 0 radical (unpaired) electrons. The topological polar surface area (TPSA) is 88.2 Å². The zero-order chi connectivity index (χ0) is 18.2. The van der Waals surface area contributed by atoms with E-state index in [9.17, 15) is 13.2 Å². The summed E-state index contributed by atoms with van der Waals surface area (Å²) >= 11 is 1.56. The number of sulfonamides is 1. The molecule has 2 aromatic carbocycles. The fraction of sp³-hybridized carbons (Fsp3) is 0.176. The van der Waals surface area contributed by atoms with E-state index in [0.717, 1.165) is 27.0 Å². The molecule has 1 amide bonds. The predicted octanol–water partition coefficient (Wildman–Crippen LogP) is 3.54. The number of nitrogens with one attached hydrogen (secondary N) is 2. The lowest BCUT2D eigenvalue weighted by atomic mass is 10.1. The molecule has 0 fully saturated rings. The van der Waals surface area contributed by atoms with Crippen molar-refractivity contribution in [3.63, 3.8) is 0 Å². The van der Waals surface area contributed by atoms with Crippen LogP contribution in [0.2, 0.25) is 0 Å². The number of rotatable bonds is 4. The first-order chi connectivity index (χ1) is 11.7. The number of aromatic nitrogens is 1. The molecule has 0 saturated heterocycles. The highest BCUT2D eigenvalue weighted by Crippen LogP contribution is 2.25. The van der Waals surface area contributed by atoms with Gasteiger partial charge in [0, 0.05) is 11.3 Å². The van der Waals surface area contributed by atoms with Crippen molar-refractivity contribution in [1.29, 1.82) is 0 Å². The van der Waals surface area contributed by atoms with E-state index in [1.807, 2.05) is 19.1 Å². The second kappa shape index (κ2) is 6.45. The van der Waals surface area contributed by atoms with Gasteiger partial charge in [0.1, 0.15) is 0 Å². The van der Waals surface area contributed by atoms with Crippen LogP contribution in [0.1, 0.15) is 20.9 Å². The standard InChI is InChI=1S/C17H17N3O3S2/c1-10-4-5-12(8-15(10)20-25(3,22)23)17(21)19-13-6-7-14-16(9-13)24-11(2)18-14/h4-9,20H,1-3H3,(H,19,21). The van der Waals surface area contributed by atoms with E-state index in [1.165, 1.54) is 6.07 Å². The van der Waals surface area contributed by atoms with Gasteiger partial charge in [-0.05, 0) is 49.7 Å². The maximum atomic E-state index is 12.5. The quantitative estimate of drug-likeness (QED) is 0.730. The summed E-state index contributed by atoms with van der Waals surface area (Å²) in [7, 11) is -3.41. The molecular formula is C17H17N3O3S2. The highest BCUT2D eigenvalue weighted by atomic mass is 32.2. The van der Waals surface area contributed by atoms with Gasteiger partial charge in [0.2, 0.25) is 10.0 Å². The van der Waals surface area contributed by atoms with E-state index in [4.69, 9.17) is 0 Å². The van der Waals surface area contributed by atoms with E-state index in [-0.39, 0.29) is 5.91 Å². The molecule has 1 heterocycles. The number of hydrogen-bond donors (Lipinski definition) is 2. The molecular weight excluding hydrogens is 358 g/mol. The summed E-state index contributed by atoms with van der Waals surface area (Å²) in [4.78, 5) is 16.9. The Balaban J connectivity index is 1.85. The predicted molar refractivity (Wildman–Crippen MR) is 102 cm³/mol. The van der Waals surface area contributed by atoms with Crippen molar-refractivity contribution in [3.8, 4) is 0 Å². The zero-order valence-electron chi connectivity index (χ0n) is 14.0. The Labute approximate surface area is 150 Å². The molecule has 0 aliphatic heterocycles. The van der Waals surface area contributed by atoms with Gasteiger partial charge in [-0.2, -0.15) is 0 Å². The third kappa shape index (κ3) is 4.15. The van der Waals surface area contributed by atoms with Crippen LogP contribution in [0.4, 0.5) is 11.4 Å². The molecule has 25 heavy (non-hydrogen) atoms. The Kier molecular flexibility index (Phi) is 4.49. The van der Waals surface area contributed by atoms with Crippen LogP contribution < -0.4 is 10.0 Å². The molecule has 2 N–H and O–H groups in total. The fourth-order valence-corrected chi connectivity index (χ4v) is 3.88. The molecule has 3 aromatic rings. The van der Waals surface area contributed by atoms with Gasteiger partial charge in [-0.3, -0.25) is 9.52 Å². The second-order valence-corrected chi connectivity index (χ2v) is 8.76. The number of thiazole rings is 1. The molecule has 130 valence electrons. The van der Waals surface area contributed by atoms with Crippen molar-refractivity contribution in [2.24, 2.45) is 0 Å². The molecule has 0 unspecified atom stereocenters. The second-order valence-electron chi connectivity index (χ2n) is 5.77. The Morgan fingerprint density at radius 1 is 1.12 bits per heavy atom. The number of anilines is 2. The van der Waals surface area contributed by atoms with E-state index in [2.05, 4.69) is 15.0 Å². The van der Waals surface area contributed by atoms with Crippen LogP contribution in [0, 0.1) is 13.8 Å². The summed E-state index contributed by atoms with van der Waals surface area (Å²) in [5, 5.41) is 3.80. The average molecular weight is 375 g/mol. The van der Waals surface area contributed by atoms with Gasteiger partial charge in [0.15, 0.2) is 0 Å². The summed E-state index contributed by atoms with van der Waals surface area (Å²) < 4.78 is 26.3. The van der Waals surface area contributed by atoms with E-state index in [0.29, 0.717) is 16.9 Å². The Bertz CT molecular complexity index is 1070. The summed E-state index contributed by atoms with van der Waals surface area (Å²) in [6.07, 6.45) is 1.07. The first-order valence-electron chi connectivity index (χ1n) is 7.48. The summed E-state index contributed by atoms with van der Waals surface area (Å²) in [5.74, 6) is -0.308. The summed E-state index contributed by atoms with van der Waals surface area (Å²) in [6.45, 7) is 3.71. The molecule has 0 bridgehead atoms. The summed E-state index contributed by atoms with van der Waals surface area (Å²) in [5.41, 5.74) is 3.07. The lowest BCUT2D eigenvalue weighted by Gasteiger charge is -2.10. The minimum atomic E-state index is -3.41. The maximum Gasteiger partial charge on any atom is 0.255 e. The first kappa shape index (κ1) is 17.4. The number of nitrogens with zero attached hydrogens (tertiary/aromatic N) is 1. The average Bonchev–Trinajstić information content (AvgIpc) is 2.87. The number of aryl methyl sites for hydroxylation is 2. The van der Waals surface area contributed by atoms with Crippen LogP contribution in [0.5, 0.6) is 0 Å². The van der Waals surface area contributed by atoms with Crippen LogP contribution in [0.15, 0.2) is 36.4 Å². The van der Waals surface area contributed by atoms with Crippen LogP contribution in [0.3, 0.4) is 0 Å². The molecule has 0 aliphatic carbocycles. The largest absolute Gasteiger partial charge is 0.322 e. The van der Waals surface area contributed by atoms with Gasteiger partial charge in [-0.1, -0.05) is 6.07 Å². The maximum absolute atomic E-state index is 12.5. The highest BCUT2D eigenvalue weighted by Gasteiger charge is 2.12. The number of fused-ring (bicyclic) bond motifs is 1. The minimum absolute atomic E-state index is 0.308. The van der Waals surface area contributed by atoms with Crippen LogP contribution in [-0.4, -0.2) is 25.6 Å². The number of carbonyl (C=O) groups is 1. The van der Waals surface area contributed by atoms with Crippen molar-refractivity contribution < 1.29 is 13.2 Å². The van der Waals surface area contributed by atoms with Crippen LogP contribution in [-0.2, 0) is 10.0 Å². The smallest absolute Gasteiger partial charge is 0.255 e. The van der Waals surface area contributed by atoms with E-state index >= 15 is 0 Å². The van der Waals surface area contributed by atoms with Gasteiger partial charge in [0.25, 0.3) is 5.91 Å². The van der Waals surface area contributed by atoms with Crippen LogP contribution >= 0.6 is 11.3 Å². The Hall–Kier alpha value is -2.45. The monoisotopic (exact) mass is 375 g/mol. The molecule has 3 rings (SSSR count). The molecule has 8 heteroatoms. The Morgan fingerprint density at radius 3 is 2.60 bits per heavy atom. The number of hydrogen-bond acceptors (Lipinski definition) is 5. The van der Waals surface area contributed by atoms with E-state index < -0.39 is 10.0 Å². The zero-order valence-corrected chi connectivity index (χ0v) is 15.6. The molecule has 0 saturated carbocycles. The number of amides is 1. The Morgan fingerprint density at radius 2 is 1.88 bits per heavy atom. The van der Waals surface area contributed by atoms with Gasteiger partial charge in [-0.15, -0.1) is 11.3 Å². The molecule has 6 nitrogen and oxygen atoms in total. The van der Waals surface area contributed by atoms with Gasteiger partial charge >= 0.3 is 0 Å². The first-order valence-corrected chi connectivity index (χ1v) is 10.2. The van der Waals surface area contributed by atoms with Crippen molar-refractivity contribution in [1.82, 2.24) is 4.98 Å². The summed E-state index contributed by atoms with van der Waals surface area (Å²) in [6, 6.07) is 10.4. The molecule has 0 spiro atoms. The van der Waals surface area contributed by atoms with Crippen molar-refractivity contribution in [2.75, 3.05) is 16.3 Å². The SMILES string of the molecule is Cc1nc2ccc(NC(=O)c3ccc(C)c(NS(C)(=O)=O)c3)cc2s1. The minimum Gasteiger partial charge on any atom is -0.322 e. The molecule has 0 atom stereocenters. The fourth-order valence-electron chi connectivity index (χ4n) is 2.39. The molecule has 1 aromatic heterocycles. The van der Waals surface area contributed by atoms with Gasteiger partial charge in [-0.25, -0.2) is 13.4 Å². The van der Waals surface area contributed by atoms with Gasteiger partial charge < -0.3 is 5.32 Å². The van der Waals surface area contributed by atoms with Crippen molar-refractivity contribution in [2.45, 2.75) is 13.8 Å².